The van der Waals surface area contributed by atoms with Crippen molar-refractivity contribution >= 4 is 23.5 Å². The molecule has 0 aromatic heterocycles. The number of carbonyl (C=O) groups excluding carboxylic acids is 4. The van der Waals surface area contributed by atoms with Gasteiger partial charge < -0.3 is 25.2 Å². The number of hydrogen-bond acceptors (Lipinski definition) is 6. The Kier molecular flexibility index (Phi) is 8.56. The third kappa shape index (κ3) is 6.08. The van der Waals surface area contributed by atoms with Gasteiger partial charge in [-0.1, -0.05) is 20.8 Å². The molecular formula is C26H36F2N4O5. The van der Waals surface area contributed by atoms with Crippen LogP contribution in [-0.4, -0.2) is 84.2 Å². The summed E-state index contributed by atoms with van der Waals surface area (Å²) < 4.78 is 32.7. The van der Waals surface area contributed by atoms with Crippen molar-refractivity contribution in [2.24, 2.45) is 11.3 Å². The van der Waals surface area contributed by atoms with Gasteiger partial charge in [0.15, 0.2) is 11.6 Å². The fourth-order valence-electron chi connectivity index (χ4n) is 5.03. The van der Waals surface area contributed by atoms with E-state index in [1.807, 2.05) is 20.8 Å². The molecular weight excluding hydrogens is 486 g/mol. The van der Waals surface area contributed by atoms with Crippen LogP contribution in [0, 0.1) is 23.0 Å². The zero-order chi connectivity index (χ0) is 27.7. The fraction of sp³-hybridized carbons (Fsp3) is 0.615. The topological polar surface area (TPSA) is 108 Å². The molecule has 2 heterocycles. The van der Waals surface area contributed by atoms with Crippen LogP contribution in [-0.2, 0) is 19.2 Å². The van der Waals surface area contributed by atoms with Crippen LogP contribution in [0.4, 0.5) is 8.78 Å². The lowest BCUT2D eigenvalue weighted by molar-refractivity contribution is -0.144. The van der Waals surface area contributed by atoms with Crippen molar-refractivity contribution in [2.75, 3.05) is 26.7 Å². The van der Waals surface area contributed by atoms with Crippen LogP contribution < -0.4 is 15.4 Å². The summed E-state index contributed by atoms with van der Waals surface area (Å²) in [6.45, 7) is 8.99. The van der Waals surface area contributed by atoms with Crippen molar-refractivity contribution in [2.45, 2.75) is 65.2 Å². The van der Waals surface area contributed by atoms with Gasteiger partial charge in [0.1, 0.15) is 11.8 Å². The number of halogens is 2. The molecule has 1 aromatic rings. The molecule has 9 nitrogen and oxygen atoms in total. The van der Waals surface area contributed by atoms with Gasteiger partial charge in [-0.3, -0.25) is 19.2 Å². The zero-order valence-corrected chi connectivity index (χ0v) is 22.1. The number of ketones is 1. The molecule has 2 aliphatic rings. The van der Waals surface area contributed by atoms with Gasteiger partial charge in [0, 0.05) is 32.0 Å². The minimum absolute atomic E-state index is 0.0149. The highest BCUT2D eigenvalue weighted by atomic mass is 19.2. The molecule has 3 amide bonds. The normalized spacial score (nSPS) is 22.9. The molecule has 2 N–H and O–H groups in total. The van der Waals surface area contributed by atoms with Gasteiger partial charge >= 0.3 is 0 Å². The third-order valence-electron chi connectivity index (χ3n) is 7.16. The van der Waals surface area contributed by atoms with E-state index in [0.29, 0.717) is 13.0 Å². The number of likely N-dealkylation sites (tertiary alicyclic amines) is 2. The minimum Gasteiger partial charge on any atom is -0.493 e. The average Bonchev–Trinajstić information content (AvgIpc) is 3.41. The molecule has 1 aromatic carbocycles. The quantitative estimate of drug-likeness (QED) is 0.501. The monoisotopic (exact) mass is 522 g/mol. The summed E-state index contributed by atoms with van der Waals surface area (Å²) in [6, 6.07) is 0.996. The van der Waals surface area contributed by atoms with E-state index in [2.05, 4.69) is 10.6 Å². The SMILES string of the molecule is CN[C@@H](C)C(=O)N[C@H](C(=O)N1CC[C@@H]2C1[C@@H](COc1ccc(F)c(F)c1)CN2C(=O)C(C)=O)C(C)(C)C. The summed E-state index contributed by atoms with van der Waals surface area (Å²) in [5, 5.41) is 5.73. The zero-order valence-electron chi connectivity index (χ0n) is 22.1. The molecule has 2 fully saturated rings. The molecule has 0 spiro atoms. The average molecular weight is 523 g/mol. The standard InChI is InChI=1S/C26H36F2N4O5/c1-14(29-6)23(34)30-22(26(3,4)5)25(36)31-10-9-20-21(31)16(12-32(20)24(35)15(2)33)13-37-17-7-8-18(27)19(28)11-17/h7-8,11,14,16,20-22,29H,9-10,12-13H2,1-6H3,(H,30,34)/t14-,16+,20+,21?,22+/m0/s1. The van der Waals surface area contributed by atoms with Crippen molar-refractivity contribution in [1.29, 1.82) is 0 Å². The first-order valence-electron chi connectivity index (χ1n) is 12.4. The molecule has 11 heteroatoms. The van der Waals surface area contributed by atoms with Crippen LogP contribution in [0.15, 0.2) is 18.2 Å². The molecule has 5 atom stereocenters. The lowest BCUT2D eigenvalue weighted by Gasteiger charge is -2.37. The second-order valence-electron chi connectivity index (χ2n) is 10.9. The second-order valence-corrected chi connectivity index (χ2v) is 10.9. The van der Waals surface area contributed by atoms with Gasteiger partial charge in [-0.25, -0.2) is 8.78 Å². The maximum atomic E-state index is 13.9. The van der Waals surface area contributed by atoms with E-state index in [4.69, 9.17) is 4.74 Å². The number of Topliss-reactive ketones (excluding diaryl/α,β-unsaturated/α-hetero) is 1. The van der Waals surface area contributed by atoms with Crippen LogP contribution >= 0.6 is 0 Å². The van der Waals surface area contributed by atoms with Gasteiger partial charge in [-0.15, -0.1) is 0 Å². The van der Waals surface area contributed by atoms with E-state index < -0.39 is 52.9 Å². The fourth-order valence-corrected chi connectivity index (χ4v) is 5.03. The number of hydrogen-bond donors (Lipinski definition) is 2. The highest BCUT2D eigenvalue weighted by Gasteiger charge is 2.54. The van der Waals surface area contributed by atoms with Crippen LogP contribution in [0.5, 0.6) is 5.75 Å². The van der Waals surface area contributed by atoms with Gasteiger partial charge in [-0.2, -0.15) is 0 Å². The maximum Gasteiger partial charge on any atom is 0.289 e. The van der Waals surface area contributed by atoms with Crippen molar-refractivity contribution in [1.82, 2.24) is 20.4 Å². The minimum atomic E-state index is -1.05. The second kappa shape index (κ2) is 11.1. The van der Waals surface area contributed by atoms with Gasteiger partial charge in [0.25, 0.3) is 5.91 Å². The number of likely N-dealkylation sites (N-methyl/N-ethyl adjacent to an activating group) is 1. The Morgan fingerprint density at radius 1 is 1.14 bits per heavy atom. The number of nitrogens with one attached hydrogen (secondary N) is 2. The number of ether oxygens (including phenoxy) is 1. The summed E-state index contributed by atoms with van der Waals surface area (Å²) in [5.74, 6) is -4.16. The predicted molar refractivity (Wildman–Crippen MR) is 132 cm³/mol. The van der Waals surface area contributed by atoms with E-state index in [1.54, 1.807) is 18.9 Å². The third-order valence-corrected chi connectivity index (χ3v) is 7.16. The Bertz CT molecular complexity index is 1060. The molecule has 37 heavy (non-hydrogen) atoms. The van der Waals surface area contributed by atoms with E-state index in [9.17, 15) is 28.0 Å². The largest absolute Gasteiger partial charge is 0.493 e. The van der Waals surface area contributed by atoms with Crippen LogP contribution in [0.1, 0.15) is 41.0 Å². The number of rotatable bonds is 8. The number of nitrogens with zero attached hydrogens (tertiary/aromatic N) is 2. The summed E-state index contributed by atoms with van der Waals surface area (Å²) in [6.07, 6.45) is 0.467. The Hall–Kier alpha value is -3.08. The molecule has 3 rings (SSSR count). The first kappa shape index (κ1) is 28.5. The lowest BCUT2D eigenvalue weighted by atomic mass is 9.85. The van der Waals surface area contributed by atoms with E-state index in [1.165, 1.54) is 17.9 Å². The van der Waals surface area contributed by atoms with Crippen molar-refractivity contribution < 1.29 is 32.7 Å². The molecule has 2 saturated heterocycles. The van der Waals surface area contributed by atoms with E-state index in [-0.39, 0.29) is 36.6 Å². The Labute approximate surface area is 215 Å². The van der Waals surface area contributed by atoms with Crippen LogP contribution in [0.3, 0.4) is 0 Å². The number of benzene rings is 1. The van der Waals surface area contributed by atoms with Gasteiger partial charge in [0.2, 0.25) is 17.6 Å². The highest BCUT2D eigenvalue weighted by molar-refractivity contribution is 6.35. The Balaban J connectivity index is 1.87. The molecule has 1 unspecified atom stereocenters. The summed E-state index contributed by atoms with van der Waals surface area (Å²) in [5.41, 5.74) is -0.608. The Morgan fingerprint density at radius 2 is 1.81 bits per heavy atom. The molecule has 0 aliphatic carbocycles. The molecule has 204 valence electrons. The van der Waals surface area contributed by atoms with Crippen LogP contribution in [0.2, 0.25) is 0 Å². The maximum absolute atomic E-state index is 13.9. The van der Waals surface area contributed by atoms with Crippen molar-refractivity contribution in [3.63, 3.8) is 0 Å². The lowest BCUT2D eigenvalue weighted by Crippen LogP contribution is -2.59. The molecule has 0 saturated carbocycles. The van der Waals surface area contributed by atoms with Gasteiger partial charge in [0.05, 0.1) is 24.7 Å². The van der Waals surface area contributed by atoms with Crippen molar-refractivity contribution in [3.05, 3.63) is 29.8 Å². The summed E-state index contributed by atoms with van der Waals surface area (Å²) in [4.78, 5) is 54.3. The first-order chi connectivity index (χ1) is 17.3. The summed E-state index contributed by atoms with van der Waals surface area (Å²) >= 11 is 0. The molecule has 2 aliphatic heterocycles. The Morgan fingerprint density at radius 3 is 2.38 bits per heavy atom. The van der Waals surface area contributed by atoms with E-state index >= 15 is 0 Å². The predicted octanol–water partition coefficient (Wildman–Crippen LogP) is 1.50. The highest BCUT2D eigenvalue weighted by Crippen LogP contribution is 2.38. The smallest absolute Gasteiger partial charge is 0.289 e. The van der Waals surface area contributed by atoms with Gasteiger partial charge in [-0.05, 0) is 37.9 Å². The number of amides is 3. The molecule has 0 bridgehead atoms. The number of fused-ring (bicyclic) bond motifs is 1. The summed E-state index contributed by atoms with van der Waals surface area (Å²) in [7, 11) is 1.65. The van der Waals surface area contributed by atoms with Crippen LogP contribution in [0.25, 0.3) is 0 Å². The first-order valence-corrected chi connectivity index (χ1v) is 12.4. The van der Waals surface area contributed by atoms with Crippen molar-refractivity contribution in [3.8, 4) is 5.75 Å². The van der Waals surface area contributed by atoms with E-state index in [0.717, 1.165) is 12.1 Å². The number of carbonyl (C=O) groups is 4. The molecule has 0 radical (unpaired) electrons.